The Kier molecular flexibility index (Phi) is 5.72. The van der Waals surface area contributed by atoms with Gasteiger partial charge in [0.15, 0.2) is 0 Å². The molecule has 1 aromatic carbocycles. The fraction of sp³-hybridized carbons (Fsp3) is 0.471. The number of hydrogen-bond acceptors (Lipinski definition) is 3. The number of aliphatic hydroxyl groups is 1. The van der Waals surface area contributed by atoms with Gasteiger partial charge < -0.3 is 10.4 Å². The van der Waals surface area contributed by atoms with Gasteiger partial charge in [0.2, 0.25) is 0 Å². The molecule has 2 atom stereocenters. The first-order chi connectivity index (χ1) is 10.1. The number of aliphatic hydroxyl groups excluding tert-OH is 1. The van der Waals surface area contributed by atoms with Crippen LogP contribution in [0.25, 0.3) is 0 Å². The molecule has 1 aromatic rings. The van der Waals surface area contributed by atoms with Crippen LogP contribution in [-0.4, -0.2) is 35.2 Å². The molecule has 1 saturated carbocycles. The van der Waals surface area contributed by atoms with E-state index in [2.05, 4.69) is 23.4 Å². The van der Waals surface area contributed by atoms with E-state index < -0.39 is 0 Å². The number of carbonyl (C=O) groups is 1. The van der Waals surface area contributed by atoms with Crippen LogP contribution >= 0.6 is 11.8 Å². The van der Waals surface area contributed by atoms with Gasteiger partial charge >= 0.3 is 0 Å². The summed E-state index contributed by atoms with van der Waals surface area (Å²) in [5, 5.41) is 12.5. The SMILES string of the molecule is CSC1CCC(NC(=O)c2cc(C)cc(C#CCO)c2)C1. The number of rotatable bonds is 3. The van der Waals surface area contributed by atoms with Crippen LogP contribution in [0, 0.1) is 18.8 Å². The smallest absolute Gasteiger partial charge is 0.251 e. The lowest BCUT2D eigenvalue weighted by Gasteiger charge is -2.13. The third-order valence-corrected chi connectivity index (χ3v) is 4.80. The summed E-state index contributed by atoms with van der Waals surface area (Å²) in [6.07, 6.45) is 5.41. The van der Waals surface area contributed by atoms with Gasteiger partial charge in [-0.3, -0.25) is 4.79 Å². The average Bonchev–Trinajstić information content (AvgIpc) is 2.92. The lowest BCUT2D eigenvalue weighted by molar-refractivity contribution is 0.0938. The Morgan fingerprint density at radius 2 is 2.24 bits per heavy atom. The largest absolute Gasteiger partial charge is 0.384 e. The molecule has 2 rings (SSSR count). The van der Waals surface area contributed by atoms with Crippen LogP contribution in [0.15, 0.2) is 18.2 Å². The molecule has 3 nitrogen and oxygen atoms in total. The number of amides is 1. The summed E-state index contributed by atoms with van der Waals surface area (Å²) >= 11 is 1.88. The van der Waals surface area contributed by atoms with Gasteiger partial charge in [-0.15, -0.1) is 0 Å². The molecule has 0 bridgehead atoms. The van der Waals surface area contributed by atoms with Gasteiger partial charge in [-0.2, -0.15) is 11.8 Å². The number of benzene rings is 1. The van der Waals surface area contributed by atoms with E-state index in [1.165, 1.54) is 6.42 Å². The first-order valence-electron chi connectivity index (χ1n) is 7.17. The molecule has 1 aliphatic carbocycles. The van der Waals surface area contributed by atoms with Crippen molar-refractivity contribution < 1.29 is 9.90 Å². The molecule has 4 heteroatoms. The minimum absolute atomic E-state index is 0.0301. The van der Waals surface area contributed by atoms with Crippen molar-refractivity contribution in [2.45, 2.75) is 37.5 Å². The van der Waals surface area contributed by atoms with E-state index in [9.17, 15) is 4.79 Å². The second-order valence-electron chi connectivity index (χ2n) is 5.39. The maximum absolute atomic E-state index is 12.4. The third kappa shape index (κ3) is 4.52. The fourth-order valence-corrected chi connectivity index (χ4v) is 3.48. The number of nitrogens with one attached hydrogen (secondary N) is 1. The molecule has 0 heterocycles. The molecule has 0 saturated heterocycles. The molecule has 2 N–H and O–H groups in total. The number of carbonyl (C=O) groups excluding carboxylic acids is 1. The first-order valence-corrected chi connectivity index (χ1v) is 8.46. The molecule has 1 fully saturated rings. The second-order valence-corrected chi connectivity index (χ2v) is 6.53. The van der Waals surface area contributed by atoms with Crippen LogP contribution in [0.2, 0.25) is 0 Å². The number of aryl methyl sites for hydroxylation is 1. The fourth-order valence-electron chi connectivity index (χ4n) is 2.68. The van der Waals surface area contributed by atoms with Crippen molar-refractivity contribution in [1.82, 2.24) is 5.32 Å². The predicted octanol–water partition coefficient (Wildman–Crippen LogP) is 2.35. The van der Waals surface area contributed by atoms with Crippen molar-refractivity contribution in [3.63, 3.8) is 0 Å². The van der Waals surface area contributed by atoms with E-state index in [1.807, 2.05) is 30.8 Å². The standard InChI is InChI=1S/C17H21NO2S/c1-12-8-13(4-3-7-19)10-14(9-12)17(20)18-15-5-6-16(11-15)21-2/h8-10,15-16,19H,5-7,11H2,1-2H3,(H,18,20). The van der Waals surface area contributed by atoms with Crippen molar-refractivity contribution in [2.75, 3.05) is 12.9 Å². The molecule has 2 unspecified atom stereocenters. The van der Waals surface area contributed by atoms with E-state index >= 15 is 0 Å². The van der Waals surface area contributed by atoms with Crippen LogP contribution in [0.1, 0.15) is 40.7 Å². The maximum Gasteiger partial charge on any atom is 0.251 e. The van der Waals surface area contributed by atoms with Crippen molar-refractivity contribution in [3.8, 4) is 11.8 Å². The van der Waals surface area contributed by atoms with Crippen molar-refractivity contribution in [3.05, 3.63) is 34.9 Å². The van der Waals surface area contributed by atoms with Gasteiger partial charge in [0, 0.05) is 22.4 Å². The normalized spacial score (nSPS) is 20.7. The molecule has 21 heavy (non-hydrogen) atoms. The van der Waals surface area contributed by atoms with E-state index in [0.29, 0.717) is 10.8 Å². The molecule has 0 radical (unpaired) electrons. The van der Waals surface area contributed by atoms with E-state index in [1.54, 1.807) is 6.07 Å². The average molecular weight is 303 g/mol. The van der Waals surface area contributed by atoms with Crippen LogP contribution in [-0.2, 0) is 0 Å². The summed E-state index contributed by atoms with van der Waals surface area (Å²) in [5.41, 5.74) is 2.41. The molecule has 0 aromatic heterocycles. The zero-order valence-corrected chi connectivity index (χ0v) is 13.3. The van der Waals surface area contributed by atoms with E-state index in [-0.39, 0.29) is 18.6 Å². The zero-order valence-electron chi connectivity index (χ0n) is 12.5. The molecule has 0 aliphatic heterocycles. The quantitative estimate of drug-likeness (QED) is 0.843. The van der Waals surface area contributed by atoms with Crippen molar-refractivity contribution in [2.24, 2.45) is 0 Å². The monoisotopic (exact) mass is 303 g/mol. The molecular weight excluding hydrogens is 282 g/mol. The van der Waals surface area contributed by atoms with Crippen LogP contribution in [0.5, 0.6) is 0 Å². The Balaban J connectivity index is 2.07. The van der Waals surface area contributed by atoms with Crippen LogP contribution < -0.4 is 5.32 Å². The molecule has 1 amide bonds. The van der Waals surface area contributed by atoms with Gasteiger partial charge in [0.05, 0.1) is 0 Å². The Labute approximate surface area is 130 Å². The highest BCUT2D eigenvalue weighted by atomic mass is 32.2. The van der Waals surface area contributed by atoms with Gasteiger partial charge in [0.1, 0.15) is 6.61 Å². The lowest BCUT2D eigenvalue weighted by Crippen LogP contribution is -2.33. The summed E-state index contributed by atoms with van der Waals surface area (Å²) in [6.45, 7) is 1.77. The molecule has 112 valence electrons. The Bertz CT molecular complexity index is 574. The van der Waals surface area contributed by atoms with Gasteiger partial charge in [-0.25, -0.2) is 0 Å². The zero-order chi connectivity index (χ0) is 15.2. The highest BCUT2D eigenvalue weighted by Gasteiger charge is 2.25. The Morgan fingerprint density at radius 1 is 1.43 bits per heavy atom. The topological polar surface area (TPSA) is 49.3 Å². The first kappa shape index (κ1) is 15.9. The van der Waals surface area contributed by atoms with E-state index in [4.69, 9.17) is 5.11 Å². The summed E-state index contributed by atoms with van der Waals surface area (Å²) in [5.74, 6) is 5.44. The third-order valence-electron chi connectivity index (χ3n) is 3.70. The number of hydrogen-bond donors (Lipinski definition) is 2. The number of thioether (sulfide) groups is 1. The van der Waals surface area contributed by atoms with Crippen LogP contribution in [0.4, 0.5) is 0 Å². The maximum atomic E-state index is 12.4. The predicted molar refractivity (Wildman–Crippen MR) is 87.6 cm³/mol. The molecule has 0 spiro atoms. The summed E-state index contributed by atoms with van der Waals surface area (Å²) in [7, 11) is 0. The molecular formula is C17H21NO2S. The molecule has 1 aliphatic rings. The Hall–Kier alpha value is -1.44. The van der Waals surface area contributed by atoms with Crippen LogP contribution in [0.3, 0.4) is 0 Å². The van der Waals surface area contributed by atoms with Gasteiger partial charge in [-0.05, 0) is 56.2 Å². The van der Waals surface area contributed by atoms with E-state index in [0.717, 1.165) is 24.0 Å². The summed E-state index contributed by atoms with van der Waals surface area (Å²) < 4.78 is 0. The minimum atomic E-state index is -0.173. The van der Waals surface area contributed by atoms with Gasteiger partial charge in [0.25, 0.3) is 5.91 Å². The summed E-state index contributed by atoms with van der Waals surface area (Å²) in [4.78, 5) is 12.4. The lowest BCUT2D eigenvalue weighted by atomic mass is 10.1. The van der Waals surface area contributed by atoms with Crippen molar-refractivity contribution in [1.29, 1.82) is 0 Å². The summed E-state index contributed by atoms with van der Waals surface area (Å²) in [6, 6.07) is 5.85. The second kappa shape index (κ2) is 7.53. The van der Waals surface area contributed by atoms with Crippen molar-refractivity contribution >= 4 is 17.7 Å². The highest BCUT2D eigenvalue weighted by molar-refractivity contribution is 7.99. The van der Waals surface area contributed by atoms with Gasteiger partial charge in [-0.1, -0.05) is 11.8 Å². The Morgan fingerprint density at radius 3 is 2.90 bits per heavy atom. The minimum Gasteiger partial charge on any atom is -0.384 e. The highest BCUT2D eigenvalue weighted by Crippen LogP contribution is 2.28.